The van der Waals surface area contributed by atoms with Crippen LogP contribution in [0, 0.1) is 12.8 Å². The zero-order chi connectivity index (χ0) is 24.4. The largest absolute Gasteiger partial charge is 0.493 e. The summed E-state index contributed by atoms with van der Waals surface area (Å²) in [5.74, 6) is 2.06. The van der Waals surface area contributed by atoms with Crippen molar-refractivity contribution in [2.45, 2.75) is 33.9 Å². The fourth-order valence-electron chi connectivity index (χ4n) is 4.31. The van der Waals surface area contributed by atoms with E-state index in [9.17, 15) is 0 Å². The van der Waals surface area contributed by atoms with Crippen LogP contribution in [0.25, 0.3) is 22.6 Å². The van der Waals surface area contributed by atoms with Gasteiger partial charge >= 0.3 is 0 Å². The first-order chi connectivity index (χ1) is 16.9. The zero-order valence-corrected chi connectivity index (χ0v) is 21.3. The average Bonchev–Trinajstić information content (AvgIpc) is 3.42. The van der Waals surface area contributed by atoms with Crippen molar-refractivity contribution in [1.29, 1.82) is 0 Å². The first kappa shape index (κ1) is 23.9. The highest BCUT2D eigenvalue weighted by molar-refractivity contribution is 6.30. The van der Waals surface area contributed by atoms with Gasteiger partial charge in [0.25, 0.3) is 0 Å². The smallest absolute Gasteiger partial charge is 0.159 e. The van der Waals surface area contributed by atoms with E-state index in [1.54, 1.807) is 0 Å². The highest BCUT2D eigenvalue weighted by Gasteiger charge is 2.15. The van der Waals surface area contributed by atoms with Gasteiger partial charge in [-0.2, -0.15) is 5.10 Å². The van der Waals surface area contributed by atoms with Gasteiger partial charge in [-0.1, -0.05) is 31.5 Å². The molecule has 2 aromatic carbocycles. The summed E-state index contributed by atoms with van der Waals surface area (Å²) in [6, 6.07) is 14.2. The Morgan fingerprint density at radius 1 is 1.09 bits per heavy atom. The molecule has 1 saturated heterocycles. The fraction of sp³-hybridized carbons (Fsp3) is 0.407. The van der Waals surface area contributed by atoms with Crippen molar-refractivity contribution in [3.05, 3.63) is 64.3 Å². The van der Waals surface area contributed by atoms with E-state index in [1.807, 2.05) is 22.9 Å². The highest BCUT2D eigenvalue weighted by atomic mass is 35.5. The minimum absolute atomic E-state index is 0.444. The number of hydrogen-bond donors (Lipinski definition) is 1. The molecule has 1 aliphatic rings. The molecule has 0 amide bonds. The molecule has 0 aliphatic carbocycles. The number of aromatic nitrogens is 4. The molecule has 184 valence electrons. The van der Waals surface area contributed by atoms with Crippen LogP contribution in [0.3, 0.4) is 0 Å². The van der Waals surface area contributed by atoms with Gasteiger partial charge in [0, 0.05) is 35.9 Å². The van der Waals surface area contributed by atoms with E-state index in [0.29, 0.717) is 24.1 Å². The van der Waals surface area contributed by atoms with Crippen molar-refractivity contribution in [2.24, 2.45) is 5.92 Å². The molecule has 0 atom stereocenters. The number of benzene rings is 2. The molecule has 0 saturated carbocycles. The van der Waals surface area contributed by atoms with Gasteiger partial charge in [-0.15, -0.1) is 0 Å². The maximum Gasteiger partial charge on any atom is 0.159 e. The number of nitrogens with one attached hydrogen (secondary N) is 1. The third-order valence-corrected chi connectivity index (χ3v) is 6.43. The van der Waals surface area contributed by atoms with Crippen molar-refractivity contribution in [2.75, 3.05) is 32.9 Å². The second-order valence-corrected chi connectivity index (χ2v) is 10.0. The number of imidazole rings is 1. The van der Waals surface area contributed by atoms with Crippen LogP contribution >= 0.6 is 11.6 Å². The van der Waals surface area contributed by atoms with Crippen LogP contribution in [-0.4, -0.2) is 57.6 Å². The highest BCUT2D eigenvalue weighted by Crippen LogP contribution is 2.27. The van der Waals surface area contributed by atoms with E-state index < -0.39 is 0 Å². The van der Waals surface area contributed by atoms with Gasteiger partial charge in [0.1, 0.15) is 11.4 Å². The first-order valence-corrected chi connectivity index (χ1v) is 12.6. The molecule has 35 heavy (non-hydrogen) atoms. The van der Waals surface area contributed by atoms with Crippen LogP contribution in [0.15, 0.2) is 42.5 Å². The molecule has 5 rings (SSSR count). The second-order valence-electron chi connectivity index (χ2n) is 9.61. The lowest BCUT2D eigenvalue weighted by atomic mass is 10.2. The molecule has 1 N–H and O–H groups in total. The third kappa shape index (κ3) is 5.69. The van der Waals surface area contributed by atoms with Crippen molar-refractivity contribution < 1.29 is 9.47 Å². The Balaban J connectivity index is 1.36. The normalized spacial score (nSPS) is 14.8. The van der Waals surface area contributed by atoms with E-state index in [1.165, 1.54) is 5.56 Å². The number of morpholine rings is 1. The Labute approximate surface area is 211 Å². The molecule has 0 spiro atoms. The number of aryl methyl sites for hydroxylation is 1. The SMILES string of the molecule is Cc1cc(-c2nc3ccc(CN4CCOCC4)cc3[nH]2)nn1Cc1cc(Cl)ccc1OCC(C)C. The molecular weight excluding hydrogens is 462 g/mol. The average molecular weight is 494 g/mol. The topological polar surface area (TPSA) is 68.2 Å². The summed E-state index contributed by atoms with van der Waals surface area (Å²) >= 11 is 6.30. The lowest BCUT2D eigenvalue weighted by Crippen LogP contribution is -2.35. The van der Waals surface area contributed by atoms with E-state index in [4.69, 9.17) is 31.2 Å². The minimum atomic E-state index is 0.444. The molecule has 2 aromatic heterocycles. The van der Waals surface area contributed by atoms with Gasteiger partial charge < -0.3 is 14.5 Å². The summed E-state index contributed by atoms with van der Waals surface area (Å²) in [5, 5.41) is 5.54. The van der Waals surface area contributed by atoms with Gasteiger partial charge in [0.15, 0.2) is 5.82 Å². The first-order valence-electron chi connectivity index (χ1n) is 12.2. The number of hydrogen-bond acceptors (Lipinski definition) is 5. The maximum absolute atomic E-state index is 6.30. The third-order valence-electron chi connectivity index (χ3n) is 6.19. The Morgan fingerprint density at radius 2 is 1.91 bits per heavy atom. The molecule has 1 aliphatic heterocycles. The summed E-state index contributed by atoms with van der Waals surface area (Å²) in [4.78, 5) is 10.7. The predicted octanol–water partition coefficient (Wildman–Crippen LogP) is 5.30. The predicted molar refractivity (Wildman–Crippen MR) is 139 cm³/mol. The van der Waals surface area contributed by atoms with Gasteiger partial charge in [0.05, 0.1) is 37.4 Å². The zero-order valence-electron chi connectivity index (χ0n) is 20.6. The van der Waals surface area contributed by atoms with Crippen LogP contribution < -0.4 is 4.74 Å². The van der Waals surface area contributed by atoms with Crippen molar-refractivity contribution in [3.63, 3.8) is 0 Å². The van der Waals surface area contributed by atoms with E-state index in [2.05, 4.69) is 54.9 Å². The van der Waals surface area contributed by atoms with E-state index >= 15 is 0 Å². The standard InChI is InChI=1S/C27H32ClN5O2/c1-18(2)17-35-26-7-5-22(28)14-21(26)16-33-19(3)12-25(31-33)27-29-23-6-4-20(13-24(23)30-27)15-32-8-10-34-11-9-32/h4-7,12-14,18H,8-11,15-17H2,1-3H3,(H,29,30). The van der Waals surface area contributed by atoms with Crippen LogP contribution in [0.1, 0.15) is 30.7 Å². The van der Waals surface area contributed by atoms with Crippen LogP contribution in [-0.2, 0) is 17.8 Å². The molecule has 1 fully saturated rings. The monoisotopic (exact) mass is 493 g/mol. The lowest BCUT2D eigenvalue weighted by Gasteiger charge is -2.26. The molecule has 4 aromatic rings. The summed E-state index contributed by atoms with van der Waals surface area (Å²) in [6.45, 7) is 12.0. The Hall–Kier alpha value is -2.87. The van der Waals surface area contributed by atoms with E-state index in [-0.39, 0.29) is 0 Å². The van der Waals surface area contributed by atoms with Crippen molar-refractivity contribution in [3.8, 4) is 17.3 Å². The Kier molecular flexibility index (Phi) is 7.09. The van der Waals surface area contributed by atoms with Gasteiger partial charge in [-0.25, -0.2) is 4.98 Å². The number of fused-ring (bicyclic) bond motifs is 1. The van der Waals surface area contributed by atoms with Crippen molar-refractivity contribution >= 4 is 22.6 Å². The maximum atomic E-state index is 6.30. The second kappa shape index (κ2) is 10.4. The number of ether oxygens (including phenoxy) is 2. The van der Waals surface area contributed by atoms with Gasteiger partial charge in [0.2, 0.25) is 0 Å². The van der Waals surface area contributed by atoms with Gasteiger partial charge in [-0.05, 0) is 54.8 Å². The summed E-state index contributed by atoms with van der Waals surface area (Å²) in [6.07, 6.45) is 0. The molecule has 0 radical (unpaired) electrons. The number of H-pyrrole nitrogens is 1. The fourth-order valence-corrected chi connectivity index (χ4v) is 4.50. The van der Waals surface area contributed by atoms with Gasteiger partial charge in [-0.3, -0.25) is 9.58 Å². The molecule has 8 heteroatoms. The van der Waals surface area contributed by atoms with E-state index in [0.717, 1.165) is 72.4 Å². The summed E-state index contributed by atoms with van der Waals surface area (Å²) < 4.78 is 13.5. The van der Waals surface area contributed by atoms with Crippen molar-refractivity contribution in [1.82, 2.24) is 24.6 Å². The molecule has 7 nitrogen and oxygen atoms in total. The number of rotatable bonds is 8. The number of nitrogens with zero attached hydrogens (tertiary/aromatic N) is 4. The quantitative estimate of drug-likeness (QED) is 0.360. The lowest BCUT2D eigenvalue weighted by molar-refractivity contribution is 0.0342. The summed E-state index contributed by atoms with van der Waals surface area (Å²) in [5.41, 5.74) is 6.11. The number of aromatic amines is 1. The number of halogens is 1. The Morgan fingerprint density at radius 3 is 2.71 bits per heavy atom. The van der Waals surface area contributed by atoms with Crippen LogP contribution in [0.2, 0.25) is 5.02 Å². The molecule has 0 unspecified atom stereocenters. The Bertz CT molecular complexity index is 1310. The minimum Gasteiger partial charge on any atom is -0.493 e. The molecule has 3 heterocycles. The van der Waals surface area contributed by atoms with Crippen LogP contribution in [0.5, 0.6) is 5.75 Å². The van der Waals surface area contributed by atoms with Crippen LogP contribution in [0.4, 0.5) is 0 Å². The molecule has 0 bridgehead atoms. The summed E-state index contributed by atoms with van der Waals surface area (Å²) in [7, 11) is 0. The molecular formula is C27H32ClN5O2.